The van der Waals surface area contributed by atoms with Gasteiger partial charge in [0.05, 0.1) is 13.1 Å². The van der Waals surface area contributed by atoms with Gasteiger partial charge in [0.1, 0.15) is 0 Å². The predicted octanol–water partition coefficient (Wildman–Crippen LogP) is 1.00. The number of benzene rings is 1. The molecule has 0 unspecified atom stereocenters. The Labute approximate surface area is 111 Å². The van der Waals surface area contributed by atoms with Gasteiger partial charge in [0.15, 0.2) is 0 Å². The first-order valence-electron chi connectivity index (χ1n) is 5.64. The van der Waals surface area contributed by atoms with Gasteiger partial charge in [-0.25, -0.2) is 0 Å². The van der Waals surface area contributed by atoms with E-state index in [-0.39, 0.29) is 24.9 Å². The summed E-state index contributed by atoms with van der Waals surface area (Å²) in [5.74, 6) is -0.335. The zero-order valence-corrected chi connectivity index (χ0v) is 10.9. The third-order valence-electron chi connectivity index (χ3n) is 2.07. The van der Waals surface area contributed by atoms with E-state index in [1.807, 2.05) is 6.92 Å². The maximum atomic E-state index is 11.5. The zero-order chi connectivity index (χ0) is 13.4. The summed E-state index contributed by atoms with van der Waals surface area (Å²) >= 11 is 5.73. The van der Waals surface area contributed by atoms with E-state index in [1.165, 1.54) is 0 Å². The lowest BCUT2D eigenvalue weighted by atomic mass is 10.3. The number of hydrogen-bond donors (Lipinski definition) is 3. The molecule has 2 amide bonds. The van der Waals surface area contributed by atoms with Crippen molar-refractivity contribution in [2.75, 3.05) is 25.0 Å². The molecule has 0 radical (unpaired) electrons. The maximum Gasteiger partial charge on any atom is 0.238 e. The van der Waals surface area contributed by atoms with Crippen molar-refractivity contribution >= 4 is 29.1 Å². The Kier molecular flexibility index (Phi) is 6.18. The molecule has 3 N–H and O–H groups in total. The normalized spacial score (nSPS) is 9.89. The van der Waals surface area contributed by atoms with E-state index in [1.54, 1.807) is 24.3 Å². The van der Waals surface area contributed by atoms with Crippen LogP contribution in [0.4, 0.5) is 5.69 Å². The molecule has 98 valence electrons. The molecule has 18 heavy (non-hydrogen) atoms. The van der Waals surface area contributed by atoms with Crippen LogP contribution in [0.25, 0.3) is 0 Å². The van der Waals surface area contributed by atoms with E-state index < -0.39 is 0 Å². The summed E-state index contributed by atoms with van der Waals surface area (Å²) in [6.07, 6.45) is 0. The van der Waals surface area contributed by atoms with Crippen molar-refractivity contribution in [2.45, 2.75) is 6.92 Å². The molecule has 1 aromatic carbocycles. The fourth-order valence-corrected chi connectivity index (χ4v) is 1.41. The highest BCUT2D eigenvalue weighted by Gasteiger charge is 2.03. The predicted molar refractivity (Wildman–Crippen MR) is 71.6 cm³/mol. The molecule has 0 bridgehead atoms. The molecule has 5 nitrogen and oxygen atoms in total. The van der Waals surface area contributed by atoms with E-state index in [9.17, 15) is 9.59 Å². The van der Waals surface area contributed by atoms with Gasteiger partial charge in [0, 0.05) is 17.3 Å². The summed E-state index contributed by atoms with van der Waals surface area (Å²) in [5, 5.41) is 8.67. The summed E-state index contributed by atoms with van der Waals surface area (Å²) in [6, 6.07) is 6.81. The molecule has 0 aliphatic heterocycles. The molecule has 0 saturated carbocycles. The average Bonchev–Trinajstić information content (AvgIpc) is 2.32. The molecule has 0 fully saturated rings. The number of nitrogens with one attached hydrogen (secondary N) is 3. The number of carbonyl (C=O) groups excluding carboxylic acids is 2. The molecule has 0 heterocycles. The van der Waals surface area contributed by atoms with Crippen molar-refractivity contribution in [3.8, 4) is 0 Å². The van der Waals surface area contributed by atoms with Crippen LogP contribution in [0.2, 0.25) is 5.02 Å². The Balaban J connectivity index is 2.25. The number of rotatable bonds is 6. The number of anilines is 1. The third-order valence-corrected chi connectivity index (χ3v) is 2.33. The molecule has 0 aromatic heterocycles. The van der Waals surface area contributed by atoms with E-state index in [4.69, 9.17) is 11.6 Å². The van der Waals surface area contributed by atoms with Crippen molar-refractivity contribution in [3.63, 3.8) is 0 Å². The van der Waals surface area contributed by atoms with Crippen LogP contribution in [-0.4, -0.2) is 31.4 Å². The zero-order valence-electron chi connectivity index (χ0n) is 10.1. The number of amides is 2. The summed E-state index contributed by atoms with van der Waals surface area (Å²) in [5.41, 5.74) is 0.671. The smallest absolute Gasteiger partial charge is 0.238 e. The second kappa shape index (κ2) is 7.68. The average molecular weight is 270 g/mol. The van der Waals surface area contributed by atoms with E-state index in [0.717, 1.165) is 0 Å². The summed E-state index contributed by atoms with van der Waals surface area (Å²) in [6.45, 7) is 2.63. The lowest BCUT2D eigenvalue weighted by molar-refractivity contribution is -0.120. The summed E-state index contributed by atoms with van der Waals surface area (Å²) in [7, 11) is 0. The van der Waals surface area contributed by atoms with Crippen LogP contribution in [0.3, 0.4) is 0 Å². The number of halogens is 1. The van der Waals surface area contributed by atoms with Gasteiger partial charge in [-0.3, -0.25) is 14.9 Å². The SMILES string of the molecule is CCNC(=O)CNCC(=O)Nc1ccc(Cl)cc1. The van der Waals surface area contributed by atoms with E-state index in [2.05, 4.69) is 16.0 Å². The van der Waals surface area contributed by atoms with Crippen molar-refractivity contribution in [1.82, 2.24) is 10.6 Å². The third kappa shape index (κ3) is 5.65. The van der Waals surface area contributed by atoms with Crippen molar-refractivity contribution in [3.05, 3.63) is 29.3 Å². The Morgan fingerprint density at radius 3 is 2.33 bits per heavy atom. The Morgan fingerprint density at radius 1 is 1.11 bits per heavy atom. The highest BCUT2D eigenvalue weighted by Crippen LogP contribution is 2.12. The summed E-state index contributed by atoms with van der Waals surface area (Å²) < 4.78 is 0. The molecule has 0 spiro atoms. The van der Waals surface area contributed by atoms with E-state index >= 15 is 0 Å². The van der Waals surface area contributed by atoms with Crippen LogP contribution >= 0.6 is 11.6 Å². The Bertz CT molecular complexity index is 406. The lowest BCUT2D eigenvalue weighted by Crippen LogP contribution is -2.37. The van der Waals surface area contributed by atoms with Gasteiger partial charge < -0.3 is 10.6 Å². The van der Waals surface area contributed by atoms with Gasteiger partial charge in [-0.05, 0) is 31.2 Å². The molecule has 0 saturated heterocycles. The fraction of sp³-hybridized carbons (Fsp3) is 0.333. The van der Waals surface area contributed by atoms with Crippen LogP contribution in [-0.2, 0) is 9.59 Å². The molecule has 6 heteroatoms. The van der Waals surface area contributed by atoms with Gasteiger partial charge in [-0.1, -0.05) is 11.6 Å². The quantitative estimate of drug-likeness (QED) is 0.722. The molecule has 1 rings (SSSR count). The minimum absolute atomic E-state index is 0.0831. The molecular weight excluding hydrogens is 254 g/mol. The number of likely N-dealkylation sites (N-methyl/N-ethyl adjacent to an activating group) is 1. The van der Waals surface area contributed by atoms with Crippen LogP contribution in [0.1, 0.15) is 6.92 Å². The Hall–Kier alpha value is -1.59. The van der Waals surface area contributed by atoms with Gasteiger partial charge in [-0.2, -0.15) is 0 Å². The second-order valence-corrected chi connectivity index (χ2v) is 4.05. The first-order valence-corrected chi connectivity index (χ1v) is 6.02. The van der Waals surface area contributed by atoms with Crippen LogP contribution < -0.4 is 16.0 Å². The van der Waals surface area contributed by atoms with Gasteiger partial charge in [-0.15, -0.1) is 0 Å². The maximum absolute atomic E-state index is 11.5. The first kappa shape index (κ1) is 14.5. The van der Waals surface area contributed by atoms with Gasteiger partial charge in [0.2, 0.25) is 11.8 Å². The van der Waals surface area contributed by atoms with Crippen LogP contribution in [0.5, 0.6) is 0 Å². The highest BCUT2D eigenvalue weighted by atomic mass is 35.5. The minimum atomic E-state index is -0.207. The van der Waals surface area contributed by atoms with Crippen molar-refractivity contribution in [2.24, 2.45) is 0 Å². The standard InChI is InChI=1S/C12H16ClN3O2/c1-2-15-11(17)7-14-8-12(18)16-10-5-3-9(13)4-6-10/h3-6,14H,2,7-8H2,1H3,(H,15,17)(H,16,18). The molecule has 0 atom stereocenters. The number of hydrogen-bond acceptors (Lipinski definition) is 3. The topological polar surface area (TPSA) is 70.2 Å². The van der Waals surface area contributed by atoms with Crippen molar-refractivity contribution < 1.29 is 9.59 Å². The van der Waals surface area contributed by atoms with Crippen molar-refractivity contribution in [1.29, 1.82) is 0 Å². The molecule has 1 aromatic rings. The Morgan fingerprint density at radius 2 is 1.72 bits per heavy atom. The monoisotopic (exact) mass is 269 g/mol. The lowest BCUT2D eigenvalue weighted by Gasteiger charge is -2.06. The van der Waals surface area contributed by atoms with Crippen LogP contribution in [0, 0.1) is 0 Å². The highest BCUT2D eigenvalue weighted by molar-refractivity contribution is 6.30. The number of carbonyl (C=O) groups is 2. The summed E-state index contributed by atoms with van der Waals surface area (Å²) in [4.78, 5) is 22.6. The van der Waals surface area contributed by atoms with E-state index in [0.29, 0.717) is 17.3 Å². The minimum Gasteiger partial charge on any atom is -0.355 e. The molecular formula is C12H16ClN3O2. The van der Waals surface area contributed by atoms with Gasteiger partial charge >= 0.3 is 0 Å². The molecule has 0 aliphatic rings. The largest absolute Gasteiger partial charge is 0.355 e. The molecule has 0 aliphatic carbocycles. The first-order chi connectivity index (χ1) is 8.61. The van der Waals surface area contributed by atoms with Crippen LogP contribution in [0.15, 0.2) is 24.3 Å². The second-order valence-electron chi connectivity index (χ2n) is 3.61. The fourth-order valence-electron chi connectivity index (χ4n) is 1.29. The van der Waals surface area contributed by atoms with Gasteiger partial charge in [0.25, 0.3) is 0 Å².